The Bertz CT molecular complexity index is 3230. The van der Waals surface area contributed by atoms with E-state index >= 15 is 0 Å². The number of hydrogen-bond acceptors (Lipinski definition) is 4. The highest BCUT2D eigenvalue weighted by Crippen LogP contribution is 2.43. The summed E-state index contributed by atoms with van der Waals surface area (Å²) in [7, 11) is 0. The summed E-state index contributed by atoms with van der Waals surface area (Å²) in [6.07, 6.45) is 0. The molecular weight excluding hydrogens is 721 g/mol. The van der Waals surface area contributed by atoms with Gasteiger partial charge in [0.15, 0.2) is 5.58 Å². The normalized spacial score (nSPS) is 11.4. The first-order chi connectivity index (χ1) is 29.2. The first-order valence-electron chi connectivity index (χ1n) is 19.9. The van der Waals surface area contributed by atoms with Crippen LogP contribution in [0.4, 0.5) is 17.1 Å². The number of benzene rings is 9. The lowest BCUT2D eigenvalue weighted by Crippen LogP contribution is -2.10. The van der Waals surface area contributed by atoms with Gasteiger partial charge in [-0.15, -0.1) is 0 Å². The molecular formula is C55H36N2O2. The quantitative estimate of drug-likeness (QED) is 0.155. The van der Waals surface area contributed by atoms with Gasteiger partial charge in [-0.1, -0.05) is 158 Å². The molecule has 0 unspecified atom stereocenters. The molecule has 0 aliphatic carbocycles. The monoisotopic (exact) mass is 756 g/mol. The molecule has 4 nitrogen and oxygen atoms in total. The number of nitrogens with zero attached hydrogens (tertiary/aromatic N) is 2. The molecule has 0 radical (unpaired) electrons. The summed E-state index contributed by atoms with van der Waals surface area (Å²) in [5, 5.41) is 2.05. The highest BCUT2D eigenvalue weighted by Gasteiger charge is 2.19. The Balaban J connectivity index is 1.01. The van der Waals surface area contributed by atoms with Crippen molar-refractivity contribution in [3.05, 3.63) is 218 Å². The van der Waals surface area contributed by atoms with Crippen molar-refractivity contribution in [3.63, 3.8) is 0 Å². The van der Waals surface area contributed by atoms with Gasteiger partial charge in [-0.05, 0) is 93.5 Å². The second kappa shape index (κ2) is 14.5. The van der Waals surface area contributed by atoms with E-state index in [0.29, 0.717) is 11.5 Å². The number of furan rings is 1. The van der Waals surface area contributed by atoms with Crippen LogP contribution in [-0.4, -0.2) is 4.98 Å². The van der Waals surface area contributed by atoms with Gasteiger partial charge in [-0.25, -0.2) is 4.98 Å². The van der Waals surface area contributed by atoms with Crippen LogP contribution in [0.2, 0.25) is 0 Å². The molecule has 0 N–H and O–H groups in total. The average molecular weight is 757 g/mol. The van der Waals surface area contributed by atoms with E-state index in [1.165, 1.54) is 33.4 Å². The van der Waals surface area contributed by atoms with E-state index in [-0.39, 0.29) is 0 Å². The third kappa shape index (κ3) is 6.34. The summed E-state index contributed by atoms with van der Waals surface area (Å²) >= 11 is 0. The predicted octanol–water partition coefficient (Wildman–Crippen LogP) is 15.5. The molecule has 0 saturated heterocycles. The van der Waals surface area contributed by atoms with Crippen molar-refractivity contribution in [2.75, 3.05) is 4.90 Å². The lowest BCUT2D eigenvalue weighted by Gasteiger charge is -2.27. The van der Waals surface area contributed by atoms with E-state index in [1.54, 1.807) is 0 Å². The van der Waals surface area contributed by atoms with Crippen molar-refractivity contribution in [3.8, 4) is 56.0 Å². The average Bonchev–Trinajstić information content (AvgIpc) is 3.91. The number of fused-ring (bicyclic) bond motifs is 4. The van der Waals surface area contributed by atoms with Crippen LogP contribution in [0.3, 0.4) is 0 Å². The van der Waals surface area contributed by atoms with E-state index in [9.17, 15) is 0 Å². The Morgan fingerprint density at radius 2 is 0.847 bits per heavy atom. The van der Waals surface area contributed by atoms with Crippen molar-refractivity contribution >= 4 is 50.1 Å². The molecule has 0 fully saturated rings. The molecule has 9 aromatic carbocycles. The molecule has 0 atom stereocenters. The molecule has 0 aliphatic heterocycles. The number of rotatable bonds is 8. The molecule has 0 aliphatic rings. The van der Waals surface area contributed by atoms with Crippen molar-refractivity contribution in [1.82, 2.24) is 4.98 Å². The highest BCUT2D eigenvalue weighted by molar-refractivity contribution is 6.12. The van der Waals surface area contributed by atoms with Crippen LogP contribution >= 0.6 is 0 Å². The number of aromatic nitrogens is 1. The van der Waals surface area contributed by atoms with Crippen LogP contribution in [0.1, 0.15) is 0 Å². The summed E-state index contributed by atoms with van der Waals surface area (Å²) in [6.45, 7) is 0. The van der Waals surface area contributed by atoms with Gasteiger partial charge in [-0.2, -0.15) is 0 Å². The molecule has 11 rings (SSSR count). The Morgan fingerprint density at radius 1 is 0.322 bits per heavy atom. The summed E-state index contributed by atoms with van der Waals surface area (Å²) in [4.78, 5) is 7.17. The van der Waals surface area contributed by atoms with Gasteiger partial charge in [-0.3, -0.25) is 0 Å². The van der Waals surface area contributed by atoms with Gasteiger partial charge in [0.1, 0.15) is 16.7 Å². The van der Waals surface area contributed by atoms with E-state index < -0.39 is 0 Å². The number of oxazole rings is 1. The minimum Gasteiger partial charge on any atom is -0.455 e. The molecule has 59 heavy (non-hydrogen) atoms. The van der Waals surface area contributed by atoms with Gasteiger partial charge in [0.05, 0.1) is 0 Å². The first-order valence-corrected chi connectivity index (χ1v) is 19.9. The highest BCUT2D eigenvalue weighted by atomic mass is 16.4. The van der Waals surface area contributed by atoms with Crippen molar-refractivity contribution in [2.24, 2.45) is 0 Å². The Kier molecular flexibility index (Phi) is 8.45. The van der Waals surface area contributed by atoms with Crippen LogP contribution in [0.25, 0.3) is 89.0 Å². The van der Waals surface area contributed by atoms with Crippen LogP contribution in [0.5, 0.6) is 0 Å². The zero-order valence-corrected chi connectivity index (χ0v) is 32.0. The molecule has 0 saturated carbocycles. The SMILES string of the molecule is c1ccc(-c2ccc(N(c3ccc(-c4cccc5c4oc4cc6oc(-c7ccccc7)nc6cc45)cc3)c3ccc(-c4ccccc4)c(-c4ccccc4)c3)cc2)cc1. The second-order valence-corrected chi connectivity index (χ2v) is 14.7. The third-order valence-corrected chi connectivity index (χ3v) is 11.1. The Hall–Kier alpha value is -7.95. The summed E-state index contributed by atoms with van der Waals surface area (Å²) in [5.41, 5.74) is 16.4. The van der Waals surface area contributed by atoms with Gasteiger partial charge < -0.3 is 13.7 Å². The number of hydrogen-bond donors (Lipinski definition) is 0. The first kappa shape index (κ1) is 34.3. The molecule has 11 aromatic rings. The molecule has 278 valence electrons. The maximum absolute atomic E-state index is 6.63. The fourth-order valence-electron chi connectivity index (χ4n) is 8.22. The van der Waals surface area contributed by atoms with Crippen LogP contribution < -0.4 is 4.90 Å². The molecule has 0 amide bonds. The molecule has 0 spiro atoms. The van der Waals surface area contributed by atoms with E-state index in [1.807, 2.05) is 36.4 Å². The minimum atomic E-state index is 0.600. The lowest BCUT2D eigenvalue weighted by atomic mass is 9.93. The number of anilines is 3. The molecule has 4 heteroatoms. The maximum Gasteiger partial charge on any atom is 0.227 e. The van der Waals surface area contributed by atoms with Gasteiger partial charge in [0, 0.05) is 45.0 Å². The van der Waals surface area contributed by atoms with Gasteiger partial charge in [0.25, 0.3) is 0 Å². The third-order valence-electron chi connectivity index (χ3n) is 11.1. The molecule has 2 aromatic heterocycles. The van der Waals surface area contributed by atoms with Crippen molar-refractivity contribution < 1.29 is 8.83 Å². The maximum atomic E-state index is 6.63. The topological polar surface area (TPSA) is 42.4 Å². The summed E-state index contributed by atoms with van der Waals surface area (Å²) < 4.78 is 12.8. The fourth-order valence-corrected chi connectivity index (χ4v) is 8.22. The standard InChI is InChI=1S/C55H36N2O2/c1-5-14-37(15-6-1)38-24-28-43(29-25-38)57(45-32-33-46(39-16-7-2-8-17-39)49(34-45)40-18-9-3-10-19-40)44-30-26-41(27-31-44)47-22-13-23-48-50-35-51-53(36-52(50)58-54(47)48)59-55(56-51)42-20-11-4-12-21-42/h1-36H. The smallest absolute Gasteiger partial charge is 0.227 e. The zero-order valence-electron chi connectivity index (χ0n) is 32.0. The van der Waals surface area contributed by atoms with Crippen LogP contribution in [-0.2, 0) is 0 Å². The van der Waals surface area contributed by atoms with Crippen LogP contribution in [0, 0.1) is 0 Å². The summed E-state index contributed by atoms with van der Waals surface area (Å²) in [5.74, 6) is 0.600. The zero-order chi connectivity index (χ0) is 39.1. The van der Waals surface area contributed by atoms with Crippen molar-refractivity contribution in [2.45, 2.75) is 0 Å². The fraction of sp³-hybridized carbons (Fsp3) is 0. The van der Waals surface area contributed by atoms with Gasteiger partial charge in [0.2, 0.25) is 5.89 Å². The van der Waals surface area contributed by atoms with E-state index in [0.717, 1.165) is 61.2 Å². The lowest BCUT2D eigenvalue weighted by molar-refractivity contribution is 0.617. The Morgan fingerprint density at radius 3 is 1.49 bits per heavy atom. The number of para-hydroxylation sites is 1. The largest absolute Gasteiger partial charge is 0.455 e. The minimum absolute atomic E-state index is 0.600. The molecule has 2 heterocycles. The van der Waals surface area contributed by atoms with Crippen molar-refractivity contribution in [1.29, 1.82) is 0 Å². The molecule has 0 bridgehead atoms. The van der Waals surface area contributed by atoms with E-state index in [4.69, 9.17) is 13.8 Å². The van der Waals surface area contributed by atoms with E-state index in [2.05, 4.69) is 187 Å². The van der Waals surface area contributed by atoms with Gasteiger partial charge >= 0.3 is 0 Å². The Labute approximate surface area is 341 Å². The predicted molar refractivity (Wildman–Crippen MR) is 243 cm³/mol. The summed E-state index contributed by atoms with van der Waals surface area (Å²) in [6, 6.07) is 76.6. The van der Waals surface area contributed by atoms with Crippen LogP contribution in [0.15, 0.2) is 227 Å². The second-order valence-electron chi connectivity index (χ2n) is 14.7.